The van der Waals surface area contributed by atoms with Crippen LogP contribution in [0.2, 0.25) is 0 Å². The first-order chi connectivity index (χ1) is 9.17. The van der Waals surface area contributed by atoms with Crippen LogP contribution in [0.1, 0.15) is 11.1 Å². The van der Waals surface area contributed by atoms with Crippen molar-refractivity contribution in [1.82, 2.24) is 0 Å². The molecular weight excluding hydrogens is 248 g/mol. The van der Waals surface area contributed by atoms with E-state index in [1.165, 1.54) is 24.3 Å². The number of nitriles is 2. The molecular formula is C14H7F2N3. The van der Waals surface area contributed by atoms with E-state index in [2.05, 4.69) is 5.32 Å². The van der Waals surface area contributed by atoms with Gasteiger partial charge in [-0.1, -0.05) is 12.1 Å². The van der Waals surface area contributed by atoms with Crippen molar-refractivity contribution in [1.29, 1.82) is 10.5 Å². The molecule has 0 amide bonds. The fourth-order valence-electron chi connectivity index (χ4n) is 1.63. The summed E-state index contributed by atoms with van der Waals surface area (Å²) in [6.07, 6.45) is 0. The minimum Gasteiger partial charge on any atom is -0.353 e. The van der Waals surface area contributed by atoms with Crippen LogP contribution in [0.25, 0.3) is 0 Å². The number of halogens is 2. The van der Waals surface area contributed by atoms with E-state index >= 15 is 0 Å². The third-order valence-corrected chi connectivity index (χ3v) is 2.52. The van der Waals surface area contributed by atoms with Crippen LogP contribution in [0.3, 0.4) is 0 Å². The Labute approximate surface area is 108 Å². The van der Waals surface area contributed by atoms with Crippen molar-refractivity contribution in [3.63, 3.8) is 0 Å². The predicted molar refractivity (Wildman–Crippen MR) is 65.5 cm³/mol. The number of hydrogen-bond acceptors (Lipinski definition) is 3. The van der Waals surface area contributed by atoms with E-state index in [9.17, 15) is 8.78 Å². The van der Waals surface area contributed by atoms with Gasteiger partial charge in [-0.05, 0) is 24.3 Å². The molecule has 1 N–H and O–H groups in total. The number of nitrogens with zero attached hydrogens (tertiary/aromatic N) is 2. The Morgan fingerprint density at radius 3 is 1.58 bits per heavy atom. The third kappa shape index (κ3) is 2.36. The van der Waals surface area contributed by atoms with Gasteiger partial charge in [0.05, 0.1) is 11.4 Å². The van der Waals surface area contributed by atoms with E-state index in [-0.39, 0.29) is 22.5 Å². The largest absolute Gasteiger partial charge is 0.353 e. The molecule has 0 saturated carbocycles. The maximum atomic E-state index is 13.4. The van der Waals surface area contributed by atoms with Gasteiger partial charge in [-0.3, -0.25) is 0 Å². The van der Waals surface area contributed by atoms with E-state index in [0.717, 1.165) is 12.1 Å². The SMILES string of the molecule is N#Cc1c(F)cccc1Nc1cccc(F)c1C#N. The van der Waals surface area contributed by atoms with Crippen LogP contribution >= 0.6 is 0 Å². The molecule has 92 valence electrons. The molecule has 0 unspecified atom stereocenters. The molecule has 0 bridgehead atoms. The molecule has 0 aliphatic carbocycles. The zero-order chi connectivity index (χ0) is 13.8. The van der Waals surface area contributed by atoms with Crippen LogP contribution in [0.5, 0.6) is 0 Å². The molecule has 0 heterocycles. The first kappa shape index (κ1) is 12.5. The second-order valence-corrected chi connectivity index (χ2v) is 3.67. The zero-order valence-corrected chi connectivity index (χ0v) is 9.61. The quantitative estimate of drug-likeness (QED) is 0.894. The summed E-state index contributed by atoms with van der Waals surface area (Å²) in [6.45, 7) is 0. The molecule has 3 nitrogen and oxygen atoms in total. The van der Waals surface area contributed by atoms with Crippen molar-refractivity contribution in [3.8, 4) is 12.1 Å². The molecule has 19 heavy (non-hydrogen) atoms. The lowest BCUT2D eigenvalue weighted by Crippen LogP contribution is -1.99. The number of benzene rings is 2. The van der Waals surface area contributed by atoms with Gasteiger partial charge in [-0.15, -0.1) is 0 Å². The second-order valence-electron chi connectivity index (χ2n) is 3.67. The van der Waals surface area contributed by atoms with Gasteiger partial charge in [0.2, 0.25) is 0 Å². The highest BCUT2D eigenvalue weighted by Crippen LogP contribution is 2.25. The lowest BCUT2D eigenvalue weighted by atomic mass is 10.1. The normalized spacial score (nSPS) is 9.47. The molecule has 0 aliphatic rings. The second kappa shape index (κ2) is 5.16. The van der Waals surface area contributed by atoms with E-state index in [4.69, 9.17) is 10.5 Å². The Morgan fingerprint density at radius 1 is 0.789 bits per heavy atom. The molecule has 2 aromatic carbocycles. The summed E-state index contributed by atoms with van der Waals surface area (Å²) in [5.74, 6) is -1.36. The van der Waals surface area contributed by atoms with Gasteiger partial charge in [-0.2, -0.15) is 10.5 Å². The van der Waals surface area contributed by atoms with Crippen LogP contribution in [0.4, 0.5) is 20.2 Å². The van der Waals surface area contributed by atoms with Crippen molar-refractivity contribution in [3.05, 3.63) is 59.2 Å². The van der Waals surface area contributed by atoms with E-state index < -0.39 is 11.6 Å². The molecule has 0 aromatic heterocycles. The lowest BCUT2D eigenvalue weighted by Gasteiger charge is -2.10. The topological polar surface area (TPSA) is 59.6 Å². The fourth-order valence-corrected chi connectivity index (χ4v) is 1.63. The molecule has 0 radical (unpaired) electrons. The summed E-state index contributed by atoms with van der Waals surface area (Å²) >= 11 is 0. The molecule has 0 aliphatic heterocycles. The summed E-state index contributed by atoms with van der Waals surface area (Å²) in [7, 11) is 0. The summed E-state index contributed by atoms with van der Waals surface area (Å²) in [5.41, 5.74) is 0.000465. The van der Waals surface area contributed by atoms with Crippen molar-refractivity contribution < 1.29 is 8.78 Å². The maximum absolute atomic E-state index is 13.4. The molecule has 2 aromatic rings. The Hall–Kier alpha value is -2.92. The Kier molecular flexibility index (Phi) is 3.40. The number of anilines is 2. The van der Waals surface area contributed by atoms with Gasteiger partial charge in [0.15, 0.2) is 0 Å². The van der Waals surface area contributed by atoms with Gasteiger partial charge in [0.25, 0.3) is 0 Å². The third-order valence-electron chi connectivity index (χ3n) is 2.52. The molecule has 0 fully saturated rings. The smallest absolute Gasteiger partial charge is 0.143 e. The maximum Gasteiger partial charge on any atom is 0.143 e. The van der Waals surface area contributed by atoms with Gasteiger partial charge in [0.1, 0.15) is 34.9 Å². The van der Waals surface area contributed by atoms with Crippen LogP contribution in [0, 0.1) is 34.3 Å². The Balaban J connectivity index is 2.50. The van der Waals surface area contributed by atoms with Crippen LogP contribution in [-0.2, 0) is 0 Å². The van der Waals surface area contributed by atoms with Crippen LogP contribution in [0.15, 0.2) is 36.4 Å². The van der Waals surface area contributed by atoms with E-state index in [1.54, 1.807) is 12.1 Å². The van der Waals surface area contributed by atoms with Crippen LogP contribution in [-0.4, -0.2) is 0 Å². The fraction of sp³-hybridized carbons (Fsp3) is 0. The highest BCUT2D eigenvalue weighted by Gasteiger charge is 2.11. The molecule has 0 atom stereocenters. The average molecular weight is 255 g/mol. The van der Waals surface area contributed by atoms with Gasteiger partial charge >= 0.3 is 0 Å². The Bertz CT molecular complexity index is 650. The minimum atomic E-state index is -0.678. The molecule has 0 saturated heterocycles. The van der Waals surface area contributed by atoms with Gasteiger partial charge in [0, 0.05) is 0 Å². The van der Waals surface area contributed by atoms with Crippen molar-refractivity contribution in [2.45, 2.75) is 0 Å². The summed E-state index contributed by atoms with van der Waals surface area (Å²) in [5, 5.41) is 20.5. The number of nitrogens with one attached hydrogen (secondary N) is 1. The van der Waals surface area contributed by atoms with Crippen molar-refractivity contribution in [2.24, 2.45) is 0 Å². The summed E-state index contributed by atoms with van der Waals surface area (Å²) < 4.78 is 26.8. The van der Waals surface area contributed by atoms with Gasteiger partial charge < -0.3 is 5.32 Å². The lowest BCUT2D eigenvalue weighted by molar-refractivity contribution is 0.624. The van der Waals surface area contributed by atoms with Crippen molar-refractivity contribution >= 4 is 11.4 Å². The first-order valence-electron chi connectivity index (χ1n) is 5.31. The van der Waals surface area contributed by atoms with E-state index in [1.807, 2.05) is 0 Å². The minimum absolute atomic E-state index is 0.185. The summed E-state index contributed by atoms with van der Waals surface area (Å²) in [6, 6.07) is 11.6. The standard InChI is InChI=1S/C14H7F2N3/c15-11-3-1-5-13(9(11)7-17)19-14-6-2-4-12(16)10(14)8-18/h1-6,19H. The first-order valence-corrected chi connectivity index (χ1v) is 5.31. The highest BCUT2D eigenvalue weighted by atomic mass is 19.1. The Morgan fingerprint density at radius 2 is 1.21 bits per heavy atom. The summed E-state index contributed by atoms with van der Waals surface area (Å²) in [4.78, 5) is 0. The van der Waals surface area contributed by atoms with Crippen LogP contribution < -0.4 is 5.32 Å². The molecule has 5 heteroatoms. The van der Waals surface area contributed by atoms with E-state index in [0.29, 0.717) is 0 Å². The zero-order valence-electron chi connectivity index (χ0n) is 9.61. The number of rotatable bonds is 2. The molecule has 0 spiro atoms. The number of hydrogen-bond donors (Lipinski definition) is 1. The monoisotopic (exact) mass is 255 g/mol. The highest BCUT2D eigenvalue weighted by molar-refractivity contribution is 5.71. The van der Waals surface area contributed by atoms with Gasteiger partial charge in [-0.25, -0.2) is 8.78 Å². The molecule has 2 rings (SSSR count). The predicted octanol–water partition coefficient (Wildman–Crippen LogP) is 3.45. The average Bonchev–Trinajstić information content (AvgIpc) is 2.39. The van der Waals surface area contributed by atoms with Crippen molar-refractivity contribution in [2.75, 3.05) is 5.32 Å².